The molecule has 0 radical (unpaired) electrons. The molecule has 0 saturated carbocycles. The number of hydrogen-bond donors (Lipinski definition) is 1. The lowest BCUT2D eigenvalue weighted by Crippen LogP contribution is -2.52. The number of carbonyl (C=O) groups excluding carboxylic acids is 2. The second kappa shape index (κ2) is 9.67. The van der Waals surface area contributed by atoms with E-state index in [1.165, 1.54) is 33.2 Å². The maximum absolute atomic E-state index is 12.5. The molecule has 1 aromatic carbocycles. The Morgan fingerprint density at radius 3 is 2.38 bits per heavy atom. The Morgan fingerprint density at radius 2 is 1.90 bits per heavy atom. The molecule has 11 heteroatoms. The summed E-state index contributed by atoms with van der Waals surface area (Å²) in [4.78, 5) is 29.4. The van der Waals surface area contributed by atoms with Crippen LogP contribution in [0.5, 0.6) is 0 Å². The summed E-state index contributed by atoms with van der Waals surface area (Å²) < 4.78 is 30.9. The van der Waals surface area contributed by atoms with E-state index in [-0.39, 0.29) is 20.8 Å². The topological polar surface area (TPSA) is 126 Å². The van der Waals surface area contributed by atoms with E-state index in [0.717, 1.165) is 6.07 Å². The van der Waals surface area contributed by atoms with Gasteiger partial charge in [-0.15, -0.1) is 0 Å². The third kappa shape index (κ3) is 5.76. The first-order valence-corrected chi connectivity index (χ1v) is 10.8. The molecule has 0 aromatic heterocycles. The number of sulfonamides is 1. The molecule has 1 N–H and O–H groups in total. The molecule has 0 aliphatic rings. The highest BCUT2D eigenvalue weighted by molar-refractivity contribution is 9.10. The molecular formula is C18H24BrN3O6S. The van der Waals surface area contributed by atoms with Crippen LogP contribution in [-0.4, -0.2) is 50.6 Å². The van der Waals surface area contributed by atoms with E-state index in [4.69, 9.17) is 9.57 Å². The Kier molecular flexibility index (Phi) is 8.35. The zero-order valence-electron chi connectivity index (χ0n) is 17.0. The van der Waals surface area contributed by atoms with Crippen molar-refractivity contribution < 1.29 is 27.6 Å². The third-order valence-electron chi connectivity index (χ3n) is 4.47. The van der Waals surface area contributed by atoms with Gasteiger partial charge in [0.15, 0.2) is 6.10 Å². The van der Waals surface area contributed by atoms with E-state index < -0.39 is 33.5 Å². The summed E-state index contributed by atoms with van der Waals surface area (Å²) in [7, 11) is -1.57. The number of carbonyl (C=O) groups is 2. The van der Waals surface area contributed by atoms with Gasteiger partial charge in [0, 0.05) is 11.5 Å². The van der Waals surface area contributed by atoms with Crippen LogP contribution in [0.3, 0.4) is 0 Å². The number of amides is 1. The summed E-state index contributed by atoms with van der Waals surface area (Å²) in [6, 6.07) is 5.83. The van der Waals surface area contributed by atoms with Crippen LogP contribution in [0.4, 0.5) is 0 Å². The molecular weight excluding hydrogens is 466 g/mol. The molecule has 0 fully saturated rings. The van der Waals surface area contributed by atoms with Gasteiger partial charge in [-0.1, -0.05) is 18.3 Å². The lowest BCUT2D eigenvalue weighted by molar-refractivity contribution is -0.130. The fourth-order valence-electron chi connectivity index (χ4n) is 2.00. The van der Waals surface area contributed by atoms with Gasteiger partial charge in [0.05, 0.1) is 23.6 Å². The van der Waals surface area contributed by atoms with Crippen LogP contribution in [0.15, 0.2) is 27.6 Å². The minimum atomic E-state index is -3.98. The molecule has 0 aliphatic heterocycles. The average molecular weight is 490 g/mol. The summed E-state index contributed by atoms with van der Waals surface area (Å²) >= 11 is 3.17. The fraction of sp³-hybridized carbons (Fsp3) is 0.500. The molecule has 0 aliphatic carbocycles. The number of hydrogen-bond acceptors (Lipinski definition) is 7. The van der Waals surface area contributed by atoms with Crippen molar-refractivity contribution in [1.29, 1.82) is 5.26 Å². The summed E-state index contributed by atoms with van der Waals surface area (Å²) in [5, 5.41) is 11.9. The largest absolute Gasteiger partial charge is 0.449 e. The summed E-state index contributed by atoms with van der Waals surface area (Å²) in [6.45, 7) is 6.49. The number of nitriles is 1. The molecule has 1 aromatic rings. The zero-order valence-corrected chi connectivity index (χ0v) is 19.4. The Hall–Kier alpha value is -2.00. The molecule has 29 heavy (non-hydrogen) atoms. The van der Waals surface area contributed by atoms with Gasteiger partial charge in [-0.25, -0.2) is 13.2 Å². The number of benzene rings is 1. The molecule has 0 bridgehead atoms. The van der Waals surface area contributed by atoms with Crippen LogP contribution in [0.25, 0.3) is 0 Å². The van der Waals surface area contributed by atoms with Crippen molar-refractivity contribution >= 4 is 37.8 Å². The van der Waals surface area contributed by atoms with Crippen LogP contribution >= 0.6 is 15.9 Å². The summed E-state index contributed by atoms with van der Waals surface area (Å²) in [6.07, 6.45) is -1.21. The Bertz CT molecular complexity index is 928. The molecule has 1 amide bonds. The average Bonchev–Trinajstić information content (AvgIpc) is 2.66. The SMILES string of the molecule is CON(C)S(=O)(=O)c1ccc(Br)c(C(=O)OC(C)C(=O)NC(C)(C#N)C(C)C)c1. The van der Waals surface area contributed by atoms with Crippen molar-refractivity contribution in [2.45, 2.75) is 44.2 Å². The van der Waals surface area contributed by atoms with Gasteiger partial charge in [0.2, 0.25) is 0 Å². The van der Waals surface area contributed by atoms with Crippen LogP contribution in [0, 0.1) is 17.2 Å². The molecule has 0 saturated heterocycles. The van der Waals surface area contributed by atoms with E-state index in [1.807, 2.05) is 6.07 Å². The second-order valence-corrected chi connectivity index (χ2v) is 9.53. The number of ether oxygens (including phenoxy) is 1. The Balaban J connectivity index is 3.07. The van der Waals surface area contributed by atoms with Crippen molar-refractivity contribution in [2.24, 2.45) is 5.92 Å². The molecule has 2 atom stereocenters. The van der Waals surface area contributed by atoms with E-state index in [2.05, 4.69) is 21.2 Å². The standard InChI is InChI=1S/C18H24BrN3O6S/c1-11(2)18(4,10-20)21-16(23)12(3)28-17(24)14-9-13(7-8-15(14)19)29(25,26)22(5)27-6/h7-9,11-12H,1-6H3,(H,21,23). The van der Waals surface area contributed by atoms with Gasteiger partial charge < -0.3 is 10.1 Å². The van der Waals surface area contributed by atoms with Crippen LogP contribution in [0.2, 0.25) is 0 Å². The van der Waals surface area contributed by atoms with Crippen molar-refractivity contribution in [3.8, 4) is 6.07 Å². The minimum absolute atomic E-state index is 0.0814. The molecule has 9 nitrogen and oxygen atoms in total. The van der Waals surface area contributed by atoms with E-state index in [0.29, 0.717) is 4.47 Å². The van der Waals surface area contributed by atoms with Gasteiger partial charge in [0.1, 0.15) is 5.54 Å². The molecule has 1 rings (SSSR count). The third-order valence-corrected chi connectivity index (χ3v) is 6.84. The number of halogens is 1. The Morgan fingerprint density at radius 1 is 1.31 bits per heavy atom. The molecule has 2 unspecified atom stereocenters. The van der Waals surface area contributed by atoms with Crippen molar-refractivity contribution in [2.75, 3.05) is 14.2 Å². The van der Waals surface area contributed by atoms with Crippen molar-refractivity contribution in [1.82, 2.24) is 9.79 Å². The number of rotatable bonds is 8. The predicted octanol–water partition coefficient (Wildman–Crippen LogP) is 2.23. The number of hydroxylamine groups is 1. The minimum Gasteiger partial charge on any atom is -0.449 e. The van der Waals surface area contributed by atoms with Gasteiger partial charge in [-0.05, 0) is 53.9 Å². The maximum atomic E-state index is 12.5. The quantitative estimate of drug-likeness (QED) is 0.438. The lowest BCUT2D eigenvalue weighted by atomic mass is 9.90. The fourth-order valence-corrected chi connectivity index (χ4v) is 3.41. The highest BCUT2D eigenvalue weighted by Crippen LogP contribution is 2.24. The second-order valence-electron chi connectivity index (χ2n) is 6.74. The smallest absolute Gasteiger partial charge is 0.340 e. The van der Waals surface area contributed by atoms with Crippen LogP contribution in [-0.2, 0) is 24.4 Å². The van der Waals surface area contributed by atoms with Crippen molar-refractivity contribution in [3.63, 3.8) is 0 Å². The zero-order chi connectivity index (χ0) is 22.6. The van der Waals surface area contributed by atoms with E-state index >= 15 is 0 Å². The van der Waals surface area contributed by atoms with Crippen LogP contribution in [0.1, 0.15) is 38.1 Å². The molecule has 0 heterocycles. The summed E-state index contributed by atoms with van der Waals surface area (Å²) in [5.41, 5.74) is -1.21. The monoisotopic (exact) mass is 489 g/mol. The molecule has 160 valence electrons. The van der Waals surface area contributed by atoms with Crippen LogP contribution < -0.4 is 5.32 Å². The highest BCUT2D eigenvalue weighted by Gasteiger charge is 2.33. The number of nitrogens with zero attached hydrogens (tertiary/aromatic N) is 2. The first kappa shape index (κ1) is 25.0. The first-order valence-electron chi connectivity index (χ1n) is 8.57. The van der Waals surface area contributed by atoms with Gasteiger partial charge in [-0.2, -0.15) is 5.26 Å². The predicted molar refractivity (Wildman–Crippen MR) is 108 cm³/mol. The number of nitrogens with one attached hydrogen (secondary N) is 1. The summed E-state index contributed by atoms with van der Waals surface area (Å²) in [5.74, 6) is -1.72. The highest BCUT2D eigenvalue weighted by atomic mass is 79.9. The first-order chi connectivity index (χ1) is 13.3. The van der Waals surface area contributed by atoms with E-state index in [9.17, 15) is 23.3 Å². The van der Waals surface area contributed by atoms with Gasteiger partial charge >= 0.3 is 5.97 Å². The normalized spacial score (nSPS) is 14.8. The maximum Gasteiger partial charge on any atom is 0.340 e. The van der Waals surface area contributed by atoms with Gasteiger partial charge in [0.25, 0.3) is 15.9 Å². The molecule has 0 spiro atoms. The number of esters is 1. The van der Waals surface area contributed by atoms with Gasteiger partial charge in [-0.3, -0.25) is 9.63 Å². The van der Waals surface area contributed by atoms with E-state index in [1.54, 1.807) is 20.8 Å². The van der Waals surface area contributed by atoms with Crippen molar-refractivity contribution in [3.05, 3.63) is 28.2 Å². The lowest BCUT2D eigenvalue weighted by Gasteiger charge is -2.28. The Labute approximate surface area is 179 Å².